The normalized spacial score (nSPS) is 25.9. The summed E-state index contributed by atoms with van der Waals surface area (Å²) < 4.78 is 1.19. The first-order chi connectivity index (χ1) is 7.58. The van der Waals surface area contributed by atoms with Crippen molar-refractivity contribution in [3.8, 4) is 0 Å². The fourth-order valence-electron chi connectivity index (χ4n) is 2.20. The molecule has 1 aromatic carbocycles. The van der Waals surface area contributed by atoms with Crippen LogP contribution < -0.4 is 10.2 Å². The van der Waals surface area contributed by atoms with E-state index in [1.165, 1.54) is 15.7 Å². The van der Waals surface area contributed by atoms with Crippen molar-refractivity contribution in [2.75, 3.05) is 18.0 Å². The highest BCUT2D eigenvalue weighted by molar-refractivity contribution is 9.10. The molecule has 1 aliphatic rings. The van der Waals surface area contributed by atoms with Crippen molar-refractivity contribution in [2.24, 2.45) is 0 Å². The number of benzene rings is 1. The Hall–Kier alpha value is -0.540. The Labute approximate surface area is 106 Å². The molecule has 88 valence electrons. The molecule has 1 aliphatic heterocycles. The standard InChI is InChI=1S/C13H19BrN2/c1-9-4-5-12(14)13(6-9)16-8-10(2)15-7-11(16)3/h4-6,10-11,15H,7-8H2,1-3H3. The average molecular weight is 283 g/mol. The summed E-state index contributed by atoms with van der Waals surface area (Å²) in [5, 5.41) is 3.51. The molecule has 1 heterocycles. The number of aryl methyl sites for hydroxylation is 1. The lowest BCUT2D eigenvalue weighted by molar-refractivity contribution is 0.425. The van der Waals surface area contributed by atoms with Crippen molar-refractivity contribution in [1.82, 2.24) is 5.32 Å². The van der Waals surface area contributed by atoms with E-state index in [0.717, 1.165) is 13.1 Å². The quantitative estimate of drug-likeness (QED) is 0.852. The molecule has 0 radical (unpaired) electrons. The SMILES string of the molecule is Cc1ccc(Br)c(N2CC(C)NCC2C)c1. The van der Waals surface area contributed by atoms with Gasteiger partial charge in [0.05, 0.1) is 5.69 Å². The molecule has 2 nitrogen and oxygen atoms in total. The smallest absolute Gasteiger partial charge is 0.0516 e. The van der Waals surface area contributed by atoms with Crippen molar-refractivity contribution in [3.05, 3.63) is 28.2 Å². The van der Waals surface area contributed by atoms with E-state index in [0.29, 0.717) is 12.1 Å². The number of hydrogen-bond acceptors (Lipinski definition) is 2. The van der Waals surface area contributed by atoms with Crippen LogP contribution in [0.25, 0.3) is 0 Å². The first-order valence-corrected chi connectivity index (χ1v) is 6.63. The Bertz CT molecular complexity index is 378. The molecule has 3 heteroatoms. The minimum absolute atomic E-state index is 0.550. The van der Waals surface area contributed by atoms with Crippen molar-refractivity contribution < 1.29 is 0 Å². The van der Waals surface area contributed by atoms with E-state index in [9.17, 15) is 0 Å². The Morgan fingerprint density at radius 3 is 2.88 bits per heavy atom. The highest BCUT2D eigenvalue weighted by Gasteiger charge is 2.23. The van der Waals surface area contributed by atoms with Gasteiger partial charge < -0.3 is 10.2 Å². The van der Waals surface area contributed by atoms with Gasteiger partial charge in [-0.15, -0.1) is 0 Å². The van der Waals surface area contributed by atoms with Crippen molar-refractivity contribution in [1.29, 1.82) is 0 Å². The van der Waals surface area contributed by atoms with E-state index in [1.807, 2.05) is 0 Å². The fourth-order valence-corrected chi connectivity index (χ4v) is 2.67. The minimum Gasteiger partial charge on any atom is -0.365 e. The molecule has 1 N–H and O–H groups in total. The first-order valence-electron chi connectivity index (χ1n) is 5.84. The molecule has 0 bridgehead atoms. The van der Waals surface area contributed by atoms with Crippen LogP contribution in [0.3, 0.4) is 0 Å². The Morgan fingerprint density at radius 2 is 2.12 bits per heavy atom. The summed E-state index contributed by atoms with van der Waals surface area (Å²) in [4.78, 5) is 2.48. The predicted molar refractivity (Wildman–Crippen MR) is 73.2 cm³/mol. The molecule has 0 aliphatic carbocycles. The number of anilines is 1. The molecule has 0 spiro atoms. The second-order valence-electron chi connectivity index (χ2n) is 4.77. The van der Waals surface area contributed by atoms with E-state index in [2.05, 4.69) is 65.1 Å². The molecule has 2 atom stereocenters. The molecular formula is C13H19BrN2. The molecule has 16 heavy (non-hydrogen) atoms. The lowest BCUT2D eigenvalue weighted by Crippen LogP contribution is -2.54. The summed E-state index contributed by atoms with van der Waals surface area (Å²) in [7, 11) is 0. The summed E-state index contributed by atoms with van der Waals surface area (Å²) in [5.41, 5.74) is 2.64. The van der Waals surface area contributed by atoms with Gasteiger partial charge >= 0.3 is 0 Å². The van der Waals surface area contributed by atoms with Gasteiger partial charge in [0.1, 0.15) is 0 Å². The second-order valence-corrected chi connectivity index (χ2v) is 5.62. The van der Waals surface area contributed by atoms with Gasteiger partial charge in [0.25, 0.3) is 0 Å². The monoisotopic (exact) mass is 282 g/mol. The van der Waals surface area contributed by atoms with Gasteiger partial charge in [-0.25, -0.2) is 0 Å². The molecule has 1 aromatic rings. The highest BCUT2D eigenvalue weighted by atomic mass is 79.9. The molecule has 0 amide bonds. The number of hydrogen-bond donors (Lipinski definition) is 1. The zero-order valence-electron chi connectivity index (χ0n) is 10.1. The zero-order chi connectivity index (χ0) is 11.7. The maximum Gasteiger partial charge on any atom is 0.0516 e. The van der Waals surface area contributed by atoms with Crippen LogP contribution in [0.5, 0.6) is 0 Å². The van der Waals surface area contributed by atoms with Crippen molar-refractivity contribution >= 4 is 21.6 Å². The number of halogens is 1. The van der Waals surface area contributed by atoms with Crippen molar-refractivity contribution in [3.63, 3.8) is 0 Å². The van der Waals surface area contributed by atoms with Gasteiger partial charge in [-0.3, -0.25) is 0 Å². The predicted octanol–water partition coefficient (Wildman–Crippen LogP) is 2.94. The largest absolute Gasteiger partial charge is 0.365 e. The Morgan fingerprint density at radius 1 is 1.38 bits per heavy atom. The van der Waals surface area contributed by atoms with Gasteiger partial charge in [-0.1, -0.05) is 6.07 Å². The molecule has 1 saturated heterocycles. The van der Waals surface area contributed by atoms with Crippen LogP contribution in [0, 0.1) is 6.92 Å². The lowest BCUT2D eigenvalue weighted by atomic mass is 10.1. The van der Waals surface area contributed by atoms with Gasteiger partial charge in [0.15, 0.2) is 0 Å². The summed E-state index contributed by atoms with van der Waals surface area (Å²) in [6, 6.07) is 7.66. The third-order valence-corrected chi connectivity index (χ3v) is 3.85. The topological polar surface area (TPSA) is 15.3 Å². The minimum atomic E-state index is 0.550. The molecule has 0 aromatic heterocycles. The third-order valence-electron chi connectivity index (χ3n) is 3.18. The van der Waals surface area contributed by atoms with Crippen LogP contribution >= 0.6 is 15.9 Å². The van der Waals surface area contributed by atoms with Gasteiger partial charge in [-0.05, 0) is 54.4 Å². The highest BCUT2D eigenvalue weighted by Crippen LogP contribution is 2.29. The summed E-state index contributed by atoms with van der Waals surface area (Å²) >= 11 is 3.65. The van der Waals surface area contributed by atoms with E-state index >= 15 is 0 Å². The van der Waals surface area contributed by atoms with Gasteiger partial charge in [-0.2, -0.15) is 0 Å². The molecule has 2 unspecified atom stereocenters. The van der Waals surface area contributed by atoms with Crippen LogP contribution in [0.2, 0.25) is 0 Å². The lowest BCUT2D eigenvalue weighted by Gasteiger charge is -2.39. The summed E-state index contributed by atoms with van der Waals surface area (Å²) in [5.74, 6) is 0. The fraction of sp³-hybridized carbons (Fsp3) is 0.538. The number of nitrogens with one attached hydrogen (secondary N) is 1. The average Bonchev–Trinajstić information content (AvgIpc) is 2.25. The van der Waals surface area contributed by atoms with Crippen LogP contribution in [0.1, 0.15) is 19.4 Å². The van der Waals surface area contributed by atoms with Gasteiger partial charge in [0, 0.05) is 29.6 Å². The van der Waals surface area contributed by atoms with Crippen LogP contribution in [-0.2, 0) is 0 Å². The van der Waals surface area contributed by atoms with Gasteiger partial charge in [0.2, 0.25) is 0 Å². The van der Waals surface area contributed by atoms with Crippen LogP contribution in [-0.4, -0.2) is 25.2 Å². The summed E-state index contributed by atoms with van der Waals surface area (Å²) in [6.45, 7) is 8.78. The van der Waals surface area contributed by atoms with E-state index in [4.69, 9.17) is 0 Å². The van der Waals surface area contributed by atoms with E-state index in [1.54, 1.807) is 0 Å². The number of piperazine rings is 1. The number of nitrogens with zero attached hydrogens (tertiary/aromatic N) is 1. The molecule has 1 fully saturated rings. The molecular weight excluding hydrogens is 264 g/mol. The molecule has 0 saturated carbocycles. The first kappa shape index (κ1) is 11.9. The second kappa shape index (κ2) is 4.76. The van der Waals surface area contributed by atoms with E-state index in [-0.39, 0.29) is 0 Å². The Balaban J connectivity index is 2.30. The zero-order valence-corrected chi connectivity index (χ0v) is 11.7. The van der Waals surface area contributed by atoms with Crippen LogP contribution in [0.4, 0.5) is 5.69 Å². The van der Waals surface area contributed by atoms with E-state index < -0.39 is 0 Å². The number of rotatable bonds is 1. The Kier molecular flexibility index (Phi) is 3.55. The summed E-state index contributed by atoms with van der Waals surface area (Å²) in [6.07, 6.45) is 0. The van der Waals surface area contributed by atoms with Crippen LogP contribution in [0.15, 0.2) is 22.7 Å². The maximum absolute atomic E-state index is 3.65. The van der Waals surface area contributed by atoms with Crippen molar-refractivity contribution in [2.45, 2.75) is 32.9 Å². The molecule has 2 rings (SSSR count). The maximum atomic E-state index is 3.65. The third kappa shape index (κ3) is 2.41.